The molecule has 20 heavy (non-hydrogen) atoms. The molecule has 2 aromatic rings. The van der Waals surface area contributed by atoms with Crippen molar-refractivity contribution >= 4 is 11.4 Å². The first kappa shape index (κ1) is 14.4. The van der Waals surface area contributed by atoms with Gasteiger partial charge in [-0.2, -0.15) is 0 Å². The summed E-state index contributed by atoms with van der Waals surface area (Å²) < 4.78 is 0. The molecule has 2 rings (SSSR count). The van der Waals surface area contributed by atoms with Gasteiger partial charge in [0.05, 0.1) is 0 Å². The van der Waals surface area contributed by atoms with E-state index in [0.29, 0.717) is 0 Å². The smallest absolute Gasteiger partial charge is 0.0363 e. The van der Waals surface area contributed by atoms with Crippen LogP contribution in [0.5, 0.6) is 0 Å². The maximum absolute atomic E-state index is 2.25. The van der Waals surface area contributed by atoms with Gasteiger partial charge in [0.25, 0.3) is 0 Å². The van der Waals surface area contributed by atoms with E-state index in [0.717, 1.165) is 13.0 Å². The Kier molecular flexibility index (Phi) is 4.67. The van der Waals surface area contributed by atoms with Crippen molar-refractivity contribution in [3.63, 3.8) is 0 Å². The molecule has 0 aliphatic heterocycles. The third kappa shape index (κ3) is 3.53. The Labute approximate surface area is 122 Å². The molecule has 2 heteroatoms. The average Bonchev–Trinajstić information content (AvgIpc) is 2.48. The molecule has 0 N–H and O–H groups in total. The standard InChI is InChI=1S/C18H24N2/c1-5-20(4)18-12-8-16(9-13-18)14-15-6-10-17(11-7-15)19(2)3/h6-13H,5,14H2,1-4H3. The summed E-state index contributed by atoms with van der Waals surface area (Å²) in [6, 6.07) is 17.6. The lowest BCUT2D eigenvalue weighted by Crippen LogP contribution is -2.15. The predicted octanol–water partition coefficient (Wildman–Crippen LogP) is 3.80. The first-order valence-corrected chi connectivity index (χ1v) is 7.16. The topological polar surface area (TPSA) is 6.48 Å². The Balaban J connectivity index is 2.06. The van der Waals surface area contributed by atoms with Crippen molar-refractivity contribution in [3.05, 3.63) is 59.7 Å². The molecule has 0 unspecified atom stereocenters. The zero-order chi connectivity index (χ0) is 14.5. The van der Waals surface area contributed by atoms with Crippen LogP contribution in [-0.4, -0.2) is 27.7 Å². The molecule has 0 aliphatic carbocycles. The number of hydrogen-bond acceptors (Lipinski definition) is 2. The fourth-order valence-corrected chi connectivity index (χ4v) is 2.20. The summed E-state index contributed by atoms with van der Waals surface area (Å²) >= 11 is 0. The zero-order valence-corrected chi connectivity index (χ0v) is 12.9. The van der Waals surface area contributed by atoms with Crippen molar-refractivity contribution in [3.8, 4) is 0 Å². The van der Waals surface area contributed by atoms with E-state index in [1.807, 2.05) is 0 Å². The van der Waals surface area contributed by atoms with E-state index in [9.17, 15) is 0 Å². The van der Waals surface area contributed by atoms with Crippen LogP contribution in [0.1, 0.15) is 18.1 Å². The van der Waals surface area contributed by atoms with Crippen molar-refractivity contribution < 1.29 is 0 Å². The van der Waals surface area contributed by atoms with Gasteiger partial charge in [-0.3, -0.25) is 0 Å². The van der Waals surface area contributed by atoms with E-state index < -0.39 is 0 Å². The van der Waals surface area contributed by atoms with E-state index in [4.69, 9.17) is 0 Å². The summed E-state index contributed by atoms with van der Waals surface area (Å²) in [5.41, 5.74) is 5.23. The number of benzene rings is 2. The van der Waals surface area contributed by atoms with Crippen LogP contribution in [0, 0.1) is 0 Å². The van der Waals surface area contributed by atoms with E-state index in [-0.39, 0.29) is 0 Å². The fourth-order valence-electron chi connectivity index (χ4n) is 2.20. The van der Waals surface area contributed by atoms with Gasteiger partial charge in [-0.1, -0.05) is 24.3 Å². The molecule has 0 aromatic heterocycles. The minimum atomic E-state index is 0.990. The van der Waals surface area contributed by atoms with Crippen LogP contribution in [0.25, 0.3) is 0 Å². The lowest BCUT2D eigenvalue weighted by Gasteiger charge is -2.17. The second-order valence-corrected chi connectivity index (χ2v) is 5.42. The first-order chi connectivity index (χ1) is 9.60. The van der Waals surface area contributed by atoms with Gasteiger partial charge < -0.3 is 9.80 Å². The highest BCUT2D eigenvalue weighted by atomic mass is 15.1. The second kappa shape index (κ2) is 6.47. The lowest BCUT2D eigenvalue weighted by atomic mass is 10.0. The van der Waals surface area contributed by atoms with E-state index >= 15 is 0 Å². The highest BCUT2D eigenvalue weighted by molar-refractivity contribution is 5.49. The van der Waals surface area contributed by atoms with E-state index in [2.05, 4.69) is 86.4 Å². The Morgan fingerprint density at radius 1 is 0.700 bits per heavy atom. The monoisotopic (exact) mass is 268 g/mol. The van der Waals surface area contributed by atoms with Gasteiger partial charge in [-0.15, -0.1) is 0 Å². The Bertz CT molecular complexity index is 526. The van der Waals surface area contributed by atoms with Crippen LogP contribution in [0.4, 0.5) is 11.4 Å². The molecule has 0 fully saturated rings. The Hall–Kier alpha value is -1.96. The lowest BCUT2D eigenvalue weighted by molar-refractivity contribution is 0.967. The first-order valence-electron chi connectivity index (χ1n) is 7.16. The van der Waals surface area contributed by atoms with Gasteiger partial charge in [0.2, 0.25) is 0 Å². The van der Waals surface area contributed by atoms with E-state index in [1.165, 1.54) is 22.5 Å². The molecule has 0 aliphatic rings. The van der Waals surface area contributed by atoms with Crippen molar-refractivity contribution in [1.29, 1.82) is 0 Å². The molecular weight excluding hydrogens is 244 g/mol. The molecule has 0 saturated heterocycles. The van der Waals surface area contributed by atoms with Crippen LogP contribution >= 0.6 is 0 Å². The van der Waals surface area contributed by atoms with Gasteiger partial charge in [0.15, 0.2) is 0 Å². The molecule has 0 bridgehead atoms. The maximum atomic E-state index is 2.25. The summed E-state index contributed by atoms with van der Waals surface area (Å²) in [7, 11) is 6.25. The van der Waals surface area contributed by atoms with E-state index in [1.54, 1.807) is 0 Å². The molecular formula is C18H24N2. The van der Waals surface area contributed by atoms with Gasteiger partial charge in [-0.05, 0) is 48.7 Å². The quantitative estimate of drug-likeness (QED) is 0.814. The summed E-state index contributed by atoms with van der Waals surface area (Å²) in [4.78, 5) is 4.37. The second-order valence-electron chi connectivity index (χ2n) is 5.42. The SMILES string of the molecule is CCN(C)c1ccc(Cc2ccc(N(C)C)cc2)cc1. The van der Waals surface area contributed by atoms with Crippen molar-refractivity contribution in [1.82, 2.24) is 0 Å². The number of nitrogens with zero attached hydrogens (tertiary/aromatic N) is 2. The minimum absolute atomic E-state index is 0.990. The molecule has 0 amide bonds. The van der Waals surface area contributed by atoms with Gasteiger partial charge in [0.1, 0.15) is 0 Å². The summed E-state index contributed by atoms with van der Waals surface area (Å²) in [6.45, 7) is 3.20. The minimum Gasteiger partial charge on any atom is -0.378 e. The van der Waals surface area contributed by atoms with Crippen LogP contribution in [0.2, 0.25) is 0 Å². The number of hydrogen-bond donors (Lipinski definition) is 0. The molecule has 0 heterocycles. The van der Waals surface area contributed by atoms with Crippen molar-refractivity contribution in [2.24, 2.45) is 0 Å². The van der Waals surface area contributed by atoms with Crippen LogP contribution < -0.4 is 9.80 Å². The average molecular weight is 268 g/mol. The van der Waals surface area contributed by atoms with Crippen molar-refractivity contribution in [2.75, 3.05) is 37.5 Å². The molecule has 106 valence electrons. The summed E-state index contributed by atoms with van der Waals surface area (Å²) in [6.07, 6.45) is 0.990. The maximum Gasteiger partial charge on any atom is 0.0363 e. The predicted molar refractivity (Wildman–Crippen MR) is 89.0 cm³/mol. The number of anilines is 2. The largest absolute Gasteiger partial charge is 0.378 e. The normalized spacial score (nSPS) is 10.4. The molecule has 0 spiro atoms. The highest BCUT2D eigenvalue weighted by Gasteiger charge is 2.01. The van der Waals surface area contributed by atoms with Gasteiger partial charge in [-0.25, -0.2) is 0 Å². The molecule has 0 saturated carbocycles. The van der Waals surface area contributed by atoms with Crippen LogP contribution in [-0.2, 0) is 6.42 Å². The molecule has 2 aromatic carbocycles. The Morgan fingerprint density at radius 3 is 1.55 bits per heavy atom. The summed E-state index contributed by atoms with van der Waals surface area (Å²) in [5, 5.41) is 0. The molecule has 2 nitrogen and oxygen atoms in total. The third-order valence-electron chi connectivity index (χ3n) is 3.71. The number of rotatable bonds is 5. The highest BCUT2D eigenvalue weighted by Crippen LogP contribution is 2.18. The van der Waals surface area contributed by atoms with Gasteiger partial charge in [0, 0.05) is 39.1 Å². The third-order valence-corrected chi connectivity index (χ3v) is 3.71. The molecule has 0 atom stereocenters. The van der Waals surface area contributed by atoms with Crippen molar-refractivity contribution in [2.45, 2.75) is 13.3 Å². The zero-order valence-electron chi connectivity index (χ0n) is 12.9. The van der Waals surface area contributed by atoms with Crippen LogP contribution in [0.15, 0.2) is 48.5 Å². The van der Waals surface area contributed by atoms with Gasteiger partial charge >= 0.3 is 0 Å². The summed E-state index contributed by atoms with van der Waals surface area (Å²) in [5.74, 6) is 0. The Morgan fingerprint density at radius 2 is 1.15 bits per heavy atom. The van der Waals surface area contributed by atoms with Crippen LogP contribution in [0.3, 0.4) is 0 Å². The molecule has 0 radical (unpaired) electrons. The fraction of sp³-hybridized carbons (Fsp3) is 0.333.